The van der Waals surface area contributed by atoms with Crippen LogP contribution >= 0.6 is 0 Å². The maximum Gasteiger partial charge on any atom is 0.135 e. The molecule has 0 unspecified atom stereocenters. The summed E-state index contributed by atoms with van der Waals surface area (Å²) < 4.78 is 16.1. The molecule has 0 bridgehead atoms. The molecule has 4 rings (SSSR count). The van der Waals surface area contributed by atoms with E-state index in [1.54, 1.807) is 0 Å². The van der Waals surface area contributed by atoms with Gasteiger partial charge in [-0.05, 0) is 77.8 Å². The average molecular weight is 401 g/mol. The van der Waals surface area contributed by atoms with Gasteiger partial charge >= 0.3 is 0 Å². The van der Waals surface area contributed by atoms with E-state index in [4.69, 9.17) is 0 Å². The summed E-state index contributed by atoms with van der Waals surface area (Å²) in [5, 5.41) is 0. The van der Waals surface area contributed by atoms with E-state index in [0.29, 0.717) is 5.92 Å². The van der Waals surface area contributed by atoms with Crippen molar-refractivity contribution in [2.45, 2.75) is 64.7 Å². The fourth-order valence-corrected chi connectivity index (χ4v) is 5.34. The Kier molecular flexibility index (Phi) is 6.67. The summed E-state index contributed by atoms with van der Waals surface area (Å²) in [6, 6.07) is 22.7. The van der Waals surface area contributed by atoms with Crippen molar-refractivity contribution in [3.63, 3.8) is 0 Å². The highest BCUT2D eigenvalue weighted by Crippen LogP contribution is 2.44. The third-order valence-corrected chi connectivity index (χ3v) is 6.89. The topological polar surface area (TPSA) is 0 Å². The molecule has 0 nitrogen and oxygen atoms in total. The molecule has 3 aromatic rings. The van der Waals surface area contributed by atoms with Crippen LogP contribution in [0.25, 0.3) is 22.3 Å². The second kappa shape index (κ2) is 9.60. The Hall–Kier alpha value is -2.41. The molecule has 0 heterocycles. The zero-order chi connectivity index (χ0) is 20.9. The van der Waals surface area contributed by atoms with Crippen LogP contribution in [0.5, 0.6) is 0 Å². The molecule has 0 saturated heterocycles. The molecule has 156 valence electrons. The highest BCUT2D eigenvalue weighted by atomic mass is 19.1. The molecule has 3 aromatic carbocycles. The van der Waals surface area contributed by atoms with Gasteiger partial charge < -0.3 is 0 Å². The number of hydrogen-bond donors (Lipinski definition) is 0. The highest BCUT2D eigenvalue weighted by molar-refractivity contribution is 5.85. The average Bonchev–Trinajstić information content (AvgIpc) is 2.80. The summed E-state index contributed by atoms with van der Waals surface area (Å²) in [5.41, 5.74) is 6.01. The Labute approximate surface area is 181 Å². The quantitative estimate of drug-likeness (QED) is 0.388. The highest BCUT2D eigenvalue weighted by Gasteiger charge is 2.27. The van der Waals surface area contributed by atoms with Crippen molar-refractivity contribution >= 4 is 0 Å². The fraction of sp³-hybridized carbons (Fsp3) is 0.379. The lowest BCUT2D eigenvalue weighted by atomic mass is 9.74. The molecule has 1 aliphatic carbocycles. The van der Waals surface area contributed by atoms with Crippen molar-refractivity contribution in [3.05, 3.63) is 83.7 Å². The molecule has 0 spiro atoms. The zero-order valence-corrected chi connectivity index (χ0v) is 18.3. The van der Waals surface area contributed by atoms with Gasteiger partial charge in [-0.3, -0.25) is 0 Å². The monoisotopic (exact) mass is 400 g/mol. The minimum Gasteiger partial charge on any atom is -0.206 e. The van der Waals surface area contributed by atoms with Gasteiger partial charge in [0.05, 0.1) is 0 Å². The minimum atomic E-state index is -0.0178. The lowest BCUT2D eigenvalue weighted by molar-refractivity contribution is 0.307. The molecule has 0 amide bonds. The second-order valence-electron chi connectivity index (χ2n) is 8.77. The first-order chi connectivity index (χ1) is 14.7. The van der Waals surface area contributed by atoms with E-state index in [2.05, 4.69) is 32.0 Å². The van der Waals surface area contributed by atoms with Crippen molar-refractivity contribution in [3.8, 4) is 22.3 Å². The van der Waals surface area contributed by atoms with Crippen molar-refractivity contribution in [2.24, 2.45) is 5.92 Å². The normalized spacial score (nSPS) is 19.0. The molecule has 1 fully saturated rings. The lowest BCUT2D eigenvalue weighted by Gasteiger charge is -2.31. The molecular weight excluding hydrogens is 367 g/mol. The van der Waals surface area contributed by atoms with Crippen LogP contribution in [0.4, 0.5) is 4.39 Å². The Morgan fingerprint density at radius 3 is 1.97 bits per heavy atom. The molecular formula is C29H33F. The Bertz CT molecular complexity index is 951. The van der Waals surface area contributed by atoms with Crippen LogP contribution in [0.3, 0.4) is 0 Å². The van der Waals surface area contributed by atoms with Crippen LogP contribution in [0.2, 0.25) is 0 Å². The Morgan fingerprint density at radius 1 is 0.800 bits per heavy atom. The van der Waals surface area contributed by atoms with Gasteiger partial charge in [0, 0.05) is 5.56 Å². The van der Waals surface area contributed by atoms with Crippen LogP contribution < -0.4 is 0 Å². The summed E-state index contributed by atoms with van der Waals surface area (Å²) in [6.45, 7) is 4.38. The summed E-state index contributed by atoms with van der Waals surface area (Å²) in [4.78, 5) is 0. The smallest absolute Gasteiger partial charge is 0.135 e. The van der Waals surface area contributed by atoms with Crippen molar-refractivity contribution in [2.75, 3.05) is 0 Å². The van der Waals surface area contributed by atoms with Gasteiger partial charge in [-0.25, -0.2) is 4.39 Å². The number of rotatable bonds is 6. The van der Waals surface area contributed by atoms with Gasteiger partial charge in [0.1, 0.15) is 5.82 Å². The van der Waals surface area contributed by atoms with Gasteiger partial charge in [-0.2, -0.15) is 0 Å². The third-order valence-electron chi connectivity index (χ3n) is 6.89. The second-order valence-corrected chi connectivity index (χ2v) is 8.77. The molecule has 0 N–H and O–H groups in total. The zero-order valence-electron chi connectivity index (χ0n) is 18.3. The Morgan fingerprint density at radius 2 is 1.40 bits per heavy atom. The van der Waals surface area contributed by atoms with Gasteiger partial charge in [0.25, 0.3) is 0 Å². The van der Waals surface area contributed by atoms with Crippen LogP contribution in [0, 0.1) is 11.7 Å². The molecule has 1 saturated carbocycles. The van der Waals surface area contributed by atoms with E-state index in [1.807, 2.05) is 48.5 Å². The lowest BCUT2D eigenvalue weighted by Crippen LogP contribution is -2.15. The van der Waals surface area contributed by atoms with Gasteiger partial charge in [-0.1, -0.05) is 87.4 Å². The minimum absolute atomic E-state index is 0.0178. The summed E-state index contributed by atoms with van der Waals surface area (Å²) >= 11 is 0. The van der Waals surface area contributed by atoms with E-state index in [-0.39, 0.29) is 5.82 Å². The molecule has 30 heavy (non-hydrogen) atoms. The van der Waals surface area contributed by atoms with Crippen LogP contribution in [-0.4, -0.2) is 0 Å². The first-order valence-electron chi connectivity index (χ1n) is 11.7. The maximum absolute atomic E-state index is 16.1. The fourth-order valence-electron chi connectivity index (χ4n) is 5.34. The first kappa shape index (κ1) is 20.8. The largest absolute Gasteiger partial charge is 0.206 e. The van der Waals surface area contributed by atoms with E-state index >= 15 is 4.39 Å². The standard InChI is InChI=1S/C29H33F/c1-3-11-21-16-18-23(19-17-21)26-20-27(22-12-7-5-8-13-22)28(29(30)25(26)4-2)24-14-9-6-10-15-24/h5-10,12-15,20-21,23H,3-4,11,16-19H2,1-2H3. The van der Waals surface area contributed by atoms with Gasteiger partial charge in [-0.15, -0.1) is 0 Å². The van der Waals surface area contributed by atoms with Crippen LogP contribution in [0.15, 0.2) is 66.7 Å². The van der Waals surface area contributed by atoms with Crippen LogP contribution in [0.1, 0.15) is 69.4 Å². The van der Waals surface area contributed by atoms with E-state index in [0.717, 1.165) is 40.2 Å². The van der Waals surface area contributed by atoms with Crippen molar-refractivity contribution in [1.29, 1.82) is 0 Å². The molecule has 1 heteroatoms. The van der Waals surface area contributed by atoms with Gasteiger partial charge in [0.15, 0.2) is 0 Å². The molecule has 0 aromatic heterocycles. The number of halogens is 1. The summed E-state index contributed by atoms with van der Waals surface area (Å²) in [6.07, 6.45) is 8.30. The predicted molar refractivity (Wildman–Crippen MR) is 126 cm³/mol. The Balaban J connectivity index is 1.83. The van der Waals surface area contributed by atoms with E-state index < -0.39 is 0 Å². The van der Waals surface area contributed by atoms with Crippen molar-refractivity contribution < 1.29 is 4.39 Å². The molecule has 0 aliphatic heterocycles. The van der Waals surface area contributed by atoms with Crippen molar-refractivity contribution in [1.82, 2.24) is 0 Å². The van der Waals surface area contributed by atoms with E-state index in [9.17, 15) is 0 Å². The first-order valence-corrected chi connectivity index (χ1v) is 11.7. The SMILES string of the molecule is CCCC1CCC(c2cc(-c3ccccc3)c(-c3ccccc3)c(F)c2CC)CC1. The predicted octanol–water partition coefficient (Wildman–Crippen LogP) is 8.80. The van der Waals surface area contributed by atoms with Gasteiger partial charge in [0.2, 0.25) is 0 Å². The third kappa shape index (κ3) is 4.21. The number of benzene rings is 3. The summed E-state index contributed by atoms with van der Waals surface area (Å²) in [5.74, 6) is 1.32. The molecule has 0 radical (unpaired) electrons. The summed E-state index contributed by atoms with van der Waals surface area (Å²) in [7, 11) is 0. The van der Waals surface area contributed by atoms with E-state index in [1.165, 1.54) is 44.1 Å². The number of hydrogen-bond acceptors (Lipinski definition) is 0. The molecule has 0 atom stereocenters. The van der Waals surface area contributed by atoms with Crippen LogP contribution in [-0.2, 0) is 6.42 Å². The molecule has 1 aliphatic rings. The maximum atomic E-state index is 16.1.